The summed E-state index contributed by atoms with van der Waals surface area (Å²) in [5, 5.41) is 2.75. The highest BCUT2D eigenvalue weighted by molar-refractivity contribution is 5.88. The average Bonchev–Trinajstić information content (AvgIpc) is 3.20. The average molecular weight is 253 g/mol. The minimum atomic E-state index is -0.0578. The molecule has 1 aliphatic rings. The standard InChI is InChI=1S/C16H15NO2/c1-11(18)17-14-9-7-13(8-10-14)16-15(19-16)12-5-3-2-4-6-12/h2-10,15-16H,1H3,(H,17,18)/t15-,16-/m1/s1. The lowest BCUT2D eigenvalue weighted by atomic mass is 10.0. The number of carbonyl (C=O) groups is 1. The maximum Gasteiger partial charge on any atom is 0.221 e. The quantitative estimate of drug-likeness (QED) is 0.851. The molecular formula is C16H15NO2. The number of epoxide rings is 1. The summed E-state index contributed by atoms with van der Waals surface area (Å²) in [6.45, 7) is 1.50. The fourth-order valence-electron chi connectivity index (χ4n) is 2.22. The lowest BCUT2D eigenvalue weighted by Gasteiger charge is -2.02. The van der Waals surface area contributed by atoms with E-state index in [1.165, 1.54) is 12.5 Å². The fourth-order valence-corrected chi connectivity index (χ4v) is 2.22. The Hall–Kier alpha value is -2.13. The Morgan fingerprint density at radius 2 is 1.53 bits per heavy atom. The van der Waals surface area contributed by atoms with Gasteiger partial charge in [0.15, 0.2) is 0 Å². The topological polar surface area (TPSA) is 41.6 Å². The van der Waals surface area contributed by atoms with Crippen LogP contribution in [-0.4, -0.2) is 5.91 Å². The van der Waals surface area contributed by atoms with E-state index in [1.54, 1.807) is 0 Å². The van der Waals surface area contributed by atoms with Crippen LogP contribution in [0.1, 0.15) is 30.3 Å². The lowest BCUT2D eigenvalue weighted by molar-refractivity contribution is -0.114. The van der Waals surface area contributed by atoms with Gasteiger partial charge in [0.1, 0.15) is 12.2 Å². The van der Waals surface area contributed by atoms with Crippen LogP contribution < -0.4 is 5.32 Å². The Bertz CT molecular complexity index is 577. The van der Waals surface area contributed by atoms with Crippen LogP contribution in [0.4, 0.5) is 5.69 Å². The molecule has 1 heterocycles. The van der Waals surface area contributed by atoms with E-state index in [9.17, 15) is 4.79 Å². The summed E-state index contributed by atoms with van der Waals surface area (Å²) in [4.78, 5) is 10.9. The second-order valence-corrected chi connectivity index (χ2v) is 4.69. The third-order valence-corrected chi connectivity index (χ3v) is 3.18. The number of carbonyl (C=O) groups excluding carboxylic acids is 1. The molecule has 3 rings (SSSR count). The summed E-state index contributed by atoms with van der Waals surface area (Å²) in [5.41, 5.74) is 3.16. The molecule has 0 radical (unpaired) electrons. The van der Waals surface area contributed by atoms with E-state index in [2.05, 4.69) is 17.4 Å². The van der Waals surface area contributed by atoms with Gasteiger partial charge in [-0.25, -0.2) is 0 Å². The van der Waals surface area contributed by atoms with Crippen molar-refractivity contribution in [3.05, 3.63) is 65.7 Å². The summed E-state index contributed by atoms with van der Waals surface area (Å²) in [7, 11) is 0. The molecule has 0 aromatic heterocycles. The molecule has 1 amide bonds. The van der Waals surface area contributed by atoms with Gasteiger partial charge < -0.3 is 10.1 Å². The third-order valence-electron chi connectivity index (χ3n) is 3.18. The van der Waals surface area contributed by atoms with Crippen molar-refractivity contribution in [2.45, 2.75) is 19.1 Å². The molecule has 2 atom stereocenters. The molecule has 2 aromatic rings. The summed E-state index contributed by atoms with van der Waals surface area (Å²) >= 11 is 0. The number of nitrogens with one attached hydrogen (secondary N) is 1. The van der Waals surface area contributed by atoms with E-state index in [-0.39, 0.29) is 18.1 Å². The molecule has 0 saturated carbocycles. The molecule has 1 aliphatic heterocycles. The first-order chi connectivity index (χ1) is 9.24. The van der Waals surface area contributed by atoms with Gasteiger partial charge in [-0.2, -0.15) is 0 Å². The van der Waals surface area contributed by atoms with E-state index in [0.717, 1.165) is 11.3 Å². The zero-order valence-electron chi connectivity index (χ0n) is 10.7. The van der Waals surface area contributed by atoms with Crippen LogP contribution in [0.25, 0.3) is 0 Å². The van der Waals surface area contributed by atoms with Crippen LogP contribution in [0.15, 0.2) is 54.6 Å². The van der Waals surface area contributed by atoms with Gasteiger partial charge in [0.2, 0.25) is 5.91 Å². The number of rotatable bonds is 3. The van der Waals surface area contributed by atoms with Crippen molar-refractivity contribution in [3.63, 3.8) is 0 Å². The van der Waals surface area contributed by atoms with Crippen molar-refractivity contribution >= 4 is 11.6 Å². The van der Waals surface area contributed by atoms with Crippen LogP contribution in [0.2, 0.25) is 0 Å². The molecule has 2 aromatic carbocycles. The molecular weight excluding hydrogens is 238 g/mol. The molecule has 1 N–H and O–H groups in total. The van der Waals surface area contributed by atoms with E-state index >= 15 is 0 Å². The van der Waals surface area contributed by atoms with Gasteiger partial charge in [-0.15, -0.1) is 0 Å². The second kappa shape index (κ2) is 4.86. The smallest absolute Gasteiger partial charge is 0.221 e. The summed E-state index contributed by atoms with van der Waals surface area (Å²) < 4.78 is 5.72. The summed E-state index contributed by atoms with van der Waals surface area (Å²) in [5.74, 6) is -0.0578. The first kappa shape index (κ1) is 11.9. The zero-order chi connectivity index (χ0) is 13.2. The van der Waals surface area contributed by atoms with Crippen molar-refractivity contribution in [3.8, 4) is 0 Å². The highest BCUT2D eigenvalue weighted by Gasteiger charge is 2.41. The number of anilines is 1. The van der Waals surface area contributed by atoms with E-state index < -0.39 is 0 Å². The highest BCUT2D eigenvalue weighted by Crippen LogP contribution is 2.50. The van der Waals surface area contributed by atoms with Gasteiger partial charge in [0.05, 0.1) is 0 Å². The number of benzene rings is 2. The minimum absolute atomic E-state index is 0.0578. The largest absolute Gasteiger partial charge is 0.359 e. The van der Waals surface area contributed by atoms with Crippen LogP contribution >= 0.6 is 0 Å². The molecule has 0 bridgehead atoms. The lowest BCUT2D eigenvalue weighted by Crippen LogP contribution is -2.05. The summed E-state index contributed by atoms with van der Waals surface area (Å²) in [6, 6.07) is 18.0. The molecule has 0 unspecified atom stereocenters. The maximum absolute atomic E-state index is 10.9. The number of amides is 1. The van der Waals surface area contributed by atoms with Crippen molar-refractivity contribution in [2.75, 3.05) is 5.32 Å². The second-order valence-electron chi connectivity index (χ2n) is 4.69. The molecule has 3 heteroatoms. The molecule has 19 heavy (non-hydrogen) atoms. The SMILES string of the molecule is CC(=O)Nc1ccc([C@H]2O[C@@H]2c2ccccc2)cc1. The van der Waals surface area contributed by atoms with Crippen molar-refractivity contribution < 1.29 is 9.53 Å². The van der Waals surface area contributed by atoms with Crippen LogP contribution in [-0.2, 0) is 9.53 Å². The van der Waals surface area contributed by atoms with Crippen molar-refractivity contribution in [1.29, 1.82) is 0 Å². The number of ether oxygens (including phenoxy) is 1. The predicted molar refractivity (Wildman–Crippen MR) is 73.8 cm³/mol. The maximum atomic E-state index is 10.9. The van der Waals surface area contributed by atoms with Crippen molar-refractivity contribution in [2.24, 2.45) is 0 Å². The van der Waals surface area contributed by atoms with Gasteiger partial charge >= 0.3 is 0 Å². The Morgan fingerprint density at radius 3 is 2.11 bits per heavy atom. The monoisotopic (exact) mass is 253 g/mol. The van der Waals surface area contributed by atoms with Gasteiger partial charge in [-0.3, -0.25) is 4.79 Å². The van der Waals surface area contributed by atoms with Gasteiger partial charge in [0.25, 0.3) is 0 Å². The highest BCUT2D eigenvalue weighted by atomic mass is 16.6. The first-order valence-corrected chi connectivity index (χ1v) is 6.32. The van der Waals surface area contributed by atoms with Gasteiger partial charge in [-0.05, 0) is 23.3 Å². The normalized spacial score (nSPS) is 20.9. The summed E-state index contributed by atoms with van der Waals surface area (Å²) in [6.07, 6.45) is 0.293. The third kappa shape index (κ3) is 2.66. The molecule has 0 aliphatic carbocycles. The van der Waals surface area contributed by atoms with Crippen LogP contribution in [0, 0.1) is 0 Å². The first-order valence-electron chi connectivity index (χ1n) is 6.32. The number of hydrogen-bond donors (Lipinski definition) is 1. The predicted octanol–water partition coefficient (Wildman–Crippen LogP) is 3.46. The number of hydrogen-bond acceptors (Lipinski definition) is 2. The Balaban J connectivity index is 1.70. The zero-order valence-corrected chi connectivity index (χ0v) is 10.7. The molecule has 1 saturated heterocycles. The Morgan fingerprint density at radius 1 is 0.947 bits per heavy atom. The molecule has 96 valence electrons. The molecule has 1 fully saturated rings. The Labute approximate surface area is 112 Å². The molecule has 0 spiro atoms. The van der Waals surface area contributed by atoms with E-state index in [4.69, 9.17) is 4.74 Å². The van der Waals surface area contributed by atoms with Crippen LogP contribution in [0.3, 0.4) is 0 Å². The van der Waals surface area contributed by atoms with Gasteiger partial charge in [-0.1, -0.05) is 42.5 Å². The van der Waals surface area contributed by atoms with E-state index in [1.807, 2.05) is 42.5 Å². The van der Waals surface area contributed by atoms with Gasteiger partial charge in [0, 0.05) is 12.6 Å². The van der Waals surface area contributed by atoms with E-state index in [0.29, 0.717) is 0 Å². The van der Waals surface area contributed by atoms with Crippen LogP contribution in [0.5, 0.6) is 0 Å². The fraction of sp³-hybridized carbons (Fsp3) is 0.188. The molecule has 3 nitrogen and oxygen atoms in total. The Kier molecular flexibility index (Phi) is 3.05. The van der Waals surface area contributed by atoms with Crippen molar-refractivity contribution in [1.82, 2.24) is 0 Å². The minimum Gasteiger partial charge on any atom is -0.359 e.